The quantitative estimate of drug-likeness (QED) is 0.902. The number of carboxylic acid groups (broad SMARTS) is 1. The van der Waals surface area contributed by atoms with Crippen LogP contribution in [0.25, 0.3) is 0 Å². The van der Waals surface area contributed by atoms with Crippen LogP contribution in [0.5, 0.6) is 0 Å². The molecule has 104 valence electrons. The number of hydrogen-bond donors (Lipinski definition) is 1. The molecule has 1 aliphatic rings. The van der Waals surface area contributed by atoms with E-state index in [-0.39, 0.29) is 0 Å². The van der Waals surface area contributed by atoms with Gasteiger partial charge >= 0.3 is 5.97 Å². The van der Waals surface area contributed by atoms with Crippen LogP contribution in [-0.4, -0.2) is 29.1 Å². The predicted octanol–water partition coefficient (Wildman–Crippen LogP) is 3.79. The first-order valence-electron chi connectivity index (χ1n) is 6.36. The van der Waals surface area contributed by atoms with Crippen LogP contribution in [0.2, 0.25) is 5.02 Å². The van der Waals surface area contributed by atoms with Gasteiger partial charge in [-0.25, -0.2) is 0 Å². The molecule has 5 heteroatoms. The highest BCUT2D eigenvalue weighted by Gasteiger charge is 2.43. The summed E-state index contributed by atoms with van der Waals surface area (Å²) in [4.78, 5) is 13.6. The summed E-state index contributed by atoms with van der Waals surface area (Å²) < 4.78 is 0.992. The maximum absolute atomic E-state index is 11.4. The lowest BCUT2D eigenvalue weighted by Gasteiger charge is -2.23. The molecule has 1 unspecified atom stereocenters. The summed E-state index contributed by atoms with van der Waals surface area (Å²) in [5.74, 6) is -0.683. The SMILES string of the molecule is CCC1(C(=O)O)CCN(Cc2cc(Br)ccc2Cl)C1. The van der Waals surface area contributed by atoms with Gasteiger partial charge in [0.15, 0.2) is 0 Å². The van der Waals surface area contributed by atoms with Crippen LogP contribution < -0.4 is 0 Å². The molecular weight excluding hydrogens is 330 g/mol. The average Bonchev–Trinajstić information content (AvgIpc) is 2.79. The molecule has 3 nitrogen and oxygen atoms in total. The molecule has 0 aliphatic carbocycles. The second-order valence-corrected chi connectivity index (χ2v) is 6.46. The minimum Gasteiger partial charge on any atom is -0.481 e. The van der Waals surface area contributed by atoms with Crippen molar-refractivity contribution in [3.63, 3.8) is 0 Å². The van der Waals surface area contributed by atoms with Gasteiger partial charge in [0.25, 0.3) is 0 Å². The summed E-state index contributed by atoms with van der Waals surface area (Å²) in [5.41, 5.74) is 0.451. The second-order valence-electron chi connectivity index (χ2n) is 5.14. The summed E-state index contributed by atoms with van der Waals surface area (Å²) in [6, 6.07) is 5.76. The van der Waals surface area contributed by atoms with Gasteiger partial charge in [-0.15, -0.1) is 0 Å². The normalized spacial score (nSPS) is 23.7. The molecule has 1 heterocycles. The topological polar surface area (TPSA) is 40.5 Å². The number of carbonyl (C=O) groups is 1. The molecule has 1 N–H and O–H groups in total. The predicted molar refractivity (Wildman–Crippen MR) is 79.4 cm³/mol. The van der Waals surface area contributed by atoms with Gasteiger partial charge in [0.2, 0.25) is 0 Å². The van der Waals surface area contributed by atoms with E-state index in [0.717, 1.165) is 21.6 Å². The lowest BCUT2D eigenvalue weighted by Crippen LogP contribution is -2.33. The van der Waals surface area contributed by atoms with Crippen molar-refractivity contribution in [1.82, 2.24) is 4.90 Å². The lowest BCUT2D eigenvalue weighted by atomic mass is 9.84. The molecule has 0 radical (unpaired) electrons. The molecule has 0 spiro atoms. The average molecular weight is 347 g/mol. The number of benzene rings is 1. The number of rotatable bonds is 4. The Kier molecular flexibility index (Phi) is 4.54. The summed E-state index contributed by atoms with van der Waals surface area (Å²) in [5, 5.41) is 10.1. The minimum atomic E-state index is -0.683. The molecule has 0 amide bonds. The third-order valence-electron chi connectivity index (χ3n) is 3.97. The molecule has 1 fully saturated rings. The van der Waals surface area contributed by atoms with E-state index in [9.17, 15) is 9.90 Å². The van der Waals surface area contributed by atoms with Gasteiger partial charge in [0.05, 0.1) is 5.41 Å². The van der Waals surface area contributed by atoms with Crippen molar-refractivity contribution in [2.75, 3.05) is 13.1 Å². The fourth-order valence-electron chi connectivity index (χ4n) is 2.61. The first-order chi connectivity index (χ1) is 8.97. The van der Waals surface area contributed by atoms with E-state index in [1.807, 2.05) is 25.1 Å². The van der Waals surface area contributed by atoms with E-state index < -0.39 is 11.4 Å². The third-order valence-corrected chi connectivity index (χ3v) is 4.83. The van der Waals surface area contributed by atoms with E-state index in [2.05, 4.69) is 20.8 Å². The molecule has 1 aliphatic heterocycles. The molecule has 0 bridgehead atoms. The Morgan fingerprint density at radius 1 is 1.58 bits per heavy atom. The molecule has 19 heavy (non-hydrogen) atoms. The van der Waals surface area contributed by atoms with Crippen LogP contribution in [0.4, 0.5) is 0 Å². The van der Waals surface area contributed by atoms with Gasteiger partial charge in [-0.2, -0.15) is 0 Å². The van der Waals surface area contributed by atoms with Crippen LogP contribution in [0.3, 0.4) is 0 Å². The zero-order valence-corrected chi connectivity index (χ0v) is 13.2. The summed E-state index contributed by atoms with van der Waals surface area (Å²) in [6.07, 6.45) is 1.38. The van der Waals surface area contributed by atoms with Crippen molar-refractivity contribution in [3.05, 3.63) is 33.3 Å². The van der Waals surface area contributed by atoms with Crippen LogP contribution >= 0.6 is 27.5 Å². The molecule has 1 aromatic rings. The van der Waals surface area contributed by atoms with Crippen LogP contribution in [-0.2, 0) is 11.3 Å². The number of likely N-dealkylation sites (tertiary alicyclic amines) is 1. The minimum absolute atomic E-state index is 0.585. The highest BCUT2D eigenvalue weighted by Crippen LogP contribution is 2.35. The smallest absolute Gasteiger partial charge is 0.310 e. The Balaban J connectivity index is 2.10. The second kappa shape index (κ2) is 5.81. The third kappa shape index (κ3) is 3.12. The largest absolute Gasteiger partial charge is 0.481 e. The monoisotopic (exact) mass is 345 g/mol. The van der Waals surface area contributed by atoms with Gasteiger partial charge in [0, 0.05) is 22.6 Å². The summed E-state index contributed by atoms with van der Waals surface area (Å²) >= 11 is 9.61. The van der Waals surface area contributed by atoms with Crippen molar-refractivity contribution in [1.29, 1.82) is 0 Å². The Morgan fingerprint density at radius 2 is 2.32 bits per heavy atom. The van der Waals surface area contributed by atoms with E-state index in [4.69, 9.17) is 11.6 Å². The van der Waals surface area contributed by atoms with Gasteiger partial charge < -0.3 is 5.11 Å². The first-order valence-corrected chi connectivity index (χ1v) is 7.53. The van der Waals surface area contributed by atoms with Crippen LogP contribution in [0.15, 0.2) is 22.7 Å². The summed E-state index contributed by atoms with van der Waals surface area (Å²) in [7, 11) is 0. The van der Waals surface area contributed by atoms with Crippen molar-refractivity contribution >= 4 is 33.5 Å². The molecule has 0 aromatic heterocycles. The first kappa shape index (κ1) is 14.8. The Bertz CT molecular complexity index is 494. The molecule has 0 saturated carbocycles. The van der Waals surface area contributed by atoms with Gasteiger partial charge in [0.1, 0.15) is 0 Å². The van der Waals surface area contributed by atoms with Gasteiger partial charge in [-0.3, -0.25) is 9.69 Å². The van der Waals surface area contributed by atoms with Crippen molar-refractivity contribution in [2.45, 2.75) is 26.3 Å². The fraction of sp³-hybridized carbons (Fsp3) is 0.500. The Hall–Kier alpha value is -0.580. The Morgan fingerprint density at radius 3 is 2.89 bits per heavy atom. The van der Waals surface area contributed by atoms with E-state index in [1.165, 1.54) is 0 Å². The maximum Gasteiger partial charge on any atom is 0.310 e. The van der Waals surface area contributed by atoms with E-state index in [0.29, 0.717) is 25.9 Å². The van der Waals surface area contributed by atoms with Crippen molar-refractivity contribution in [3.8, 4) is 0 Å². The summed E-state index contributed by atoms with van der Waals surface area (Å²) in [6.45, 7) is 4.06. The number of hydrogen-bond acceptors (Lipinski definition) is 2. The molecule has 2 rings (SSSR count). The lowest BCUT2D eigenvalue weighted by molar-refractivity contribution is -0.148. The van der Waals surface area contributed by atoms with Gasteiger partial charge in [-0.05, 0) is 43.1 Å². The van der Waals surface area contributed by atoms with Crippen LogP contribution in [0.1, 0.15) is 25.3 Å². The molecule has 1 saturated heterocycles. The fourth-order valence-corrected chi connectivity index (χ4v) is 3.20. The highest BCUT2D eigenvalue weighted by molar-refractivity contribution is 9.10. The molecular formula is C14H17BrClNO2. The van der Waals surface area contributed by atoms with Crippen molar-refractivity contribution < 1.29 is 9.90 Å². The maximum atomic E-state index is 11.4. The van der Waals surface area contributed by atoms with E-state index in [1.54, 1.807) is 0 Å². The number of halogens is 2. The Labute approximate surface area is 126 Å². The zero-order valence-electron chi connectivity index (χ0n) is 10.8. The highest BCUT2D eigenvalue weighted by atomic mass is 79.9. The van der Waals surface area contributed by atoms with Crippen molar-refractivity contribution in [2.24, 2.45) is 5.41 Å². The van der Waals surface area contributed by atoms with Gasteiger partial charge in [-0.1, -0.05) is 34.5 Å². The van der Waals surface area contributed by atoms with E-state index >= 15 is 0 Å². The number of nitrogens with zero attached hydrogens (tertiary/aromatic N) is 1. The number of carboxylic acids is 1. The van der Waals surface area contributed by atoms with Crippen LogP contribution in [0, 0.1) is 5.41 Å². The zero-order chi connectivity index (χ0) is 14.0. The molecule has 1 aromatic carbocycles. The molecule has 1 atom stereocenters. The standard InChI is InChI=1S/C14H17BrClNO2/c1-2-14(13(18)19)5-6-17(9-14)8-10-7-11(15)3-4-12(10)16/h3-4,7H,2,5-6,8-9H2,1H3,(H,18,19). The number of aliphatic carboxylic acids is 1.